The molecule has 0 unspecified atom stereocenters. The van der Waals surface area contributed by atoms with Gasteiger partial charge in [0, 0.05) is 24.0 Å². The first kappa shape index (κ1) is 15.8. The smallest absolute Gasteiger partial charge is 0.297 e. The summed E-state index contributed by atoms with van der Waals surface area (Å²) in [6.45, 7) is 0. The molecular formula is C19H10FN3O3S. The predicted octanol–water partition coefficient (Wildman–Crippen LogP) is 3.53. The molecule has 6 nitrogen and oxygen atoms in total. The van der Waals surface area contributed by atoms with Gasteiger partial charge in [0.1, 0.15) is 11.4 Å². The topological polar surface area (TPSA) is 76.3 Å². The van der Waals surface area contributed by atoms with Crippen molar-refractivity contribution in [2.75, 3.05) is 4.90 Å². The molecule has 0 fully saturated rings. The van der Waals surface area contributed by atoms with Gasteiger partial charge in [0.05, 0.1) is 17.0 Å². The molecule has 8 heteroatoms. The summed E-state index contributed by atoms with van der Waals surface area (Å²) in [5.74, 6) is -1.06. The van der Waals surface area contributed by atoms with E-state index >= 15 is 0 Å². The van der Waals surface area contributed by atoms with Crippen molar-refractivity contribution in [2.24, 2.45) is 0 Å². The molecule has 3 aromatic heterocycles. The zero-order valence-electron chi connectivity index (χ0n) is 13.6. The van der Waals surface area contributed by atoms with Crippen LogP contribution in [-0.2, 0) is 0 Å². The zero-order valence-corrected chi connectivity index (χ0v) is 14.4. The summed E-state index contributed by atoms with van der Waals surface area (Å²) in [5.41, 5.74) is 0.538. The highest BCUT2D eigenvalue weighted by atomic mass is 32.1. The van der Waals surface area contributed by atoms with Gasteiger partial charge in [-0.15, -0.1) is 11.3 Å². The fraction of sp³-hybridized carbons (Fsp3) is 0.0526. The number of thiazole rings is 1. The molecule has 0 N–H and O–H groups in total. The Morgan fingerprint density at radius 1 is 1.19 bits per heavy atom. The number of nitrogens with zero attached hydrogens (tertiary/aromatic N) is 3. The van der Waals surface area contributed by atoms with Gasteiger partial charge in [0.15, 0.2) is 10.6 Å². The number of fused-ring (bicyclic) bond motifs is 2. The second kappa shape index (κ2) is 5.82. The molecule has 1 aliphatic rings. The maximum atomic E-state index is 13.7. The lowest BCUT2D eigenvalue weighted by Crippen LogP contribution is -2.29. The van der Waals surface area contributed by atoms with Crippen molar-refractivity contribution < 1.29 is 13.6 Å². The fourth-order valence-corrected chi connectivity index (χ4v) is 4.00. The number of hydrogen-bond donors (Lipinski definition) is 0. The number of halogens is 1. The van der Waals surface area contributed by atoms with Crippen molar-refractivity contribution in [3.63, 3.8) is 0 Å². The van der Waals surface area contributed by atoms with Gasteiger partial charge in [-0.05, 0) is 29.8 Å². The molecule has 1 aromatic carbocycles. The van der Waals surface area contributed by atoms with Gasteiger partial charge in [0.2, 0.25) is 5.76 Å². The van der Waals surface area contributed by atoms with E-state index in [-0.39, 0.29) is 22.3 Å². The molecule has 132 valence electrons. The summed E-state index contributed by atoms with van der Waals surface area (Å²) in [6, 6.07) is 6.42. The number of pyridine rings is 1. The Morgan fingerprint density at radius 2 is 2.07 bits per heavy atom. The van der Waals surface area contributed by atoms with Gasteiger partial charge >= 0.3 is 0 Å². The average Bonchev–Trinajstić information content (AvgIpc) is 3.30. The van der Waals surface area contributed by atoms with Gasteiger partial charge in [0.25, 0.3) is 5.91 Å². The third-order valence-electron chi connectivity index (χ3n) is 4.46. The van der Waals surface area contributed by atoms with Gasteiger partial charge in [-0.1, -0.05) is 6.07 Å². The van der Waals surface area contributed by atoms with E-state index in [4.69, 9.17) is 4.42 Å². The Bertz CT molecular complexity index is 1240. The molecule has 4 aromatic rings. The van der Waals surface area contributed by atoms with Crippen LogP contribution < -0.4 is 10.3 Å². The van der Waals surface area contributed by atoms with Crippen molar-refractivity contribution in [1.82, 2.24) is 9.97 Å². The van der Waals surface area contributed by atoms with Crippen LogP contribution in [0.25, 0.3) is 11.0 Å². The van der Waals surface area contributed by atoms with Gasteiger partial charge in [-0.25, -0.2) is 9.37 Å². The lowest BCUT2D eigenvalue weighted by molar-refractivity contribution is 0.0971. The van der Waals surface area contributed by atoms with Crippen LogP contribution in [-0.4, -0.2) is 15.9 Å². The predicted molar refractivity (Wildman–Crippen MR) is 97.4 cm³/mol. The highest BCUT2D eigenvalue weighted by Crippen LogP contribution is 2.41. The highest BCUT2D eigenvalue weighted by molar-refractivity contribution is 7.13. The first-order valence-corrected chi connectivity index (χ1v) is 8.92. The standard InChI is InChI=1S/C19H10FN3O3S/c20-11-3-4-13-12(8-11)16(24)14-15(10-2-1-5-21-9-10)23(18(25)17(14)26-13)19-22-6-7-27-19/h1-9,15H/t15-/m0/s1. The molecule has 1 amide bonds. The van der Waals surface area contributed by atoms with Crippen LogP contribution in [0.1, 0.15) is 27.7 Å². The molecule has 0 spiro atoms. The molecule has 0 saturated heterocycles. The van der Waals surface area contributed by atoms with Gasteiger partial charge in [-0.2, -0.15) is 0 Å². The second-order valence-electron chi connectivity index (χ2n) is 5.99. The molecule has 0 radical (unpaired) electrons. The summed E-state index contributed by atoms with van der Waals surface area (Å²) in [7, 11) is 0. The number of anilines is 1. The Labute approximate surface area is 155 Å². The quantitative estimate of drug-likeness (QED) is 0.533. The summed E-state index contributed by atoms with van der Waals surface area (Å²) in [6.07, 6.45) is 4.77. The number of carbonyl (C=O) groups is 1. The molecular weight excluding hydrogens is 369 g/mol. The molecule has 0 bridgehead atoms. The number of amides is 1. The number of hydrogen-bond acceptors (Lipinski definition) is 6. The van der Waals surface area contributed by atoms with E-state index in [0.717, 1.165) is 6.07 Å². The molecule has 27 heavy (non-hydrogen) atoms. The number of benzene rings is 1. The fourth-order valence-electron chi connectivity index (χ4n) is 3.33. The van der Waals surface area contributed by atoms with Crippen LogP contribution in [0.5, 0.6) is 0 Å². The number of carbonyl (C=O) groups excluding carboxylic acids is 1. The van der Waals surface area contributed by atoms with E-state index in [9.17, 15) is 14.0 Å². The largest absolute Gasteiger partial charge is 0.450 e. The maximum absolute atomic E-state index is 13.7. The summed E-state index contributed by atoms with van der Waals surface area (Å²) in [5, 5.41) is 2.28. The third kappa shape index (κ3) is 2.30. The van der Waals surface area contributed by atoms with Crippen molar-refractivity contribution in [2.45, 2.75) is 6.04 Å². The minimum Gasteiger partial charge on any atom is -0.450 e. The minimum atomic E-state index is -0.740. The molecule has 5 rings (SSSR count). The summed E-state index contributed by atoms with van der Waals surface area (Å²) >= 11 is 1.28. The van der Waals surface area contributed by atoms with E-state index in [1.807, 2.05) is 0 Å². The van der Waals surface area contributed by atoms with Crippen molar-refractivity contribution >= 4 is 33.3 Å². The van der Waals surface area contributed by atoms with Crippen LogP contribution in [0, 0.1) is 5.82 Å². The lowest BCUT2D eigenvalue weighted by Gasteiger charge is -2.22. The van der Waals surface area contributed by atoms with Crippen LogP contribution >= 0.6 is 11.3 Å². The van der Waals surface area contributed by atoms with Crippen molar-refractivity contribution in [3.05, 3.63) is 87.2 Å². The monoisotopic (exact) mass is 379 g/mol. The van der Waals surface area contributed by atoms with Gasteiger partial charge < -0.3 is 4.42 Å². The van der Waals surface area contributed by atoms with Gasteiger partial charge in [-0.3, -0.25) is 19.5 Å². The molecule has 1 aliphatic heterocycles. The van der Waals surface area contributed by atoms with E-state index in [0.29, 0.717) is 10.7 Å². The van der Waals surface area contributed by atoms with Crippen LogP contribution in [0.4, 0.5) is 9.52 Å². The van der Waals surface area contributed by atoms with E-state index < -0.39 is 23.2 Å². The highest BCUT2D eigenvalue weighted by Gasteiger charge is 2.44. The first-order valence-electron chi connectivity index (χ1n) is 8.04. The first-order chi connectivity index (χ1) is 13.1. The Balaban J connectivity index is 1.85. The molecule has 4 heterocycles. The SMILES string of the molecule is O=C1c2oc3ccc(F)cc3c(=O)c2[C@H](c2cccnc2)N1c1nccs1. The van der Waals surface area contributed by atoms with E-state index in [2.05, 4.69) is 9.97 Å². The molecule has 0 aliphatic carbocycles. The number of rotatable bonds is 2. The van der Waals surface area contributed by atoms with Crippen LogP contribution in [0.2, 0.25) is 0 Å². The molecule has 0 saturated carbocycles. The van der Waals surface area contributed by atoms with Crippen LogP contribution in [0.3, 0.4) is 0 Å². The minimum absolute atomic E-state index is 0.0526. The average molecular weight is 379 g/mol. The van der Waals surface area contributed by atoms with E-state index in [1.54, 1.807) is 36.1 Å². The van der Waals surface area contributed by atoms with Crippen LogP contribution in [0.15, 0.2) is 63.5 Å². The summed E-state index contributed by atoms with van der Waals surface area (Å²) < 4.78 is 19.4. The second-order valence-corrected chi connectivity index (χ2v) is 6.87. The van der Waals surface area contributed by atoms with Crippen molar-refractivity contribution in [3.8, 4) is 0 Å². The maximum Gasteiger partial charge on any atom is 0.297 e. The van der Waals surface area contributed by atoms with E-state index in [1.165, 1.54) is 28.4 Å². The summed E-state index contributed by atoms with van der Waals surface area (Å²) in [4.78, 5) is 36.0. The zero-order chi connectivity index (χ0) is 18.5. The number of aromatic nitrogens is 2. The lowest BCUT2D eigenvalue weighted by atomic mass is 10.00. The Hall–Kier alpha value is -3.39. The normalized spacial score (nSPS) is 16.1. The molecule has 1 atom stereocenters. The Kier molecular flexibility index (Phi) is 3.41. The Morgan fingerprint density at radius 3 is 2.81 bits per heavy atom. The van der Waals surface area contributed by atoms with Crippen molar-refractivity contribution in [1.29, 1.82) is 0 Å². The third-order valence-corrected chi connectivity index (χ3v) is 5.23.